The Bertz CT molecular complexity index is 310. The second kappa shape index (κ2) is 4.58. The van der Waals surface area contributed by atoms with Crippen molar-refractivity contribution in [2.75, 3.05) is 0 Å². The van der Waals surface area contributed by atoms with E-state index in [1.165, 1.54) is 6.92 Å². The van der Waals surface area contributed by atoms with Gasteiger partial charge in [-0.3, -0.25) is 0 Å². The third kappa shape index (κ3) is 2.98. The summed E-state index contributed by atoms with van der Waals surface area (Å²) >= 11 is 2.24. The summed E-state index contributed by atoms with van der Waals surface area (Å²) in [6.07, 6.45) is -0.0806. The van der Waals surface area contributed by atoms with E-state index in [1.54, 1.807) is 30.3 Å². The Labute approximate surface area is 96.2 Å². The van der Waals surface area contributed by atoms with Crippen molar-refractivity contribution in [1.82, 2.24) is 0 Å². The molecule has 0 aliphatic heterocycles. The van der Waals surface area contributed by atoms with E-state index in [0.29, 0.717) is 5.56 Å². The molecule has 0 amide bonds. The molecule has 0 aliphatic rings. The highest BCUT2D eigenvalue weighted by atomic mass is 79.9. The molecule has 1 atom stereocenters. The Kier molecular flexibility index (Phi) is 3.84. The Morgan fingerprint density at radius 1 is 1.27 bits per heavy atom. The van der Waals surface area contributed by atoms with Crippen LogP contribution in [0.15, 0.2) is 30.3 Å². The number of benzene rings is 1. The third-order valence-corrected chi connectivity index (χ3v) is 3.19. The van der Waals surface area contributed by atoms with E-state index in [-0.39, 0.29) is 12.8 Å². The first-order valence-corrected chi connectivity index (χ1v) is 5.51. The molecule has 0 saturated carbocycles. The first-order chi connectivity index (χ1) is 6.89. The van der Waals surface area contributed by atoms with Crippen LogP contribution < -0.4 is 0 Å². The van der Waals surface area contributed by atoms with E-state index in [9.17, 15) is 13.9 Å². The van der Waals surface area contributed by atoms with Crippen LogP contribution >= 0.6 is 15.9 Å². The molecule has 1 unspecified atom stereocenters. The zero-order valence-corrected chi connectivity index (χ0v) is 9.97. The van der Waals surface area contributed by atoms with Gasteiger partial charge in [-0.1, -0.05) is 37.3 Å². The molecule has 1 N–H and O–H groups in total. The Hall–Kier alpha value is -0.480. The largest absolute Gasteiger partial charge is 0.382 e. The molecule has 0 spiro atoms. The van der Waals surface area contributed by atoms with Crippen molar-refractivity contribution in [3.63, 3.8) is 0 Å². The lowest BCUT2D eigenvalue weighted by atomic mass is 9.92. The van der Waals surface area contributed by atoms with Gasteiger partial charge in [0, 0.05) is 6.42 Å². The van der Waals surface area contributed by atoms with Crippen molar-refractivity contribution in [2.24, 2.45) is 0 Å². The minimum atomic E-state index is -3.27. The minimum Gasteiger partial charge on any atom is -0.382 e. The molecule has 1 aromatic carbocycles. The summed E-state index contributed by atoms with van der Waals surface area (Å²) in [5.74, 6) is 0. The van der Waals surface area contributed by atoms with Crippen LogP contribution in [-0.2, 0) is 6.42 Å². The zero-order chi connectivity index (χ0) is 11.5. The number of alkyl halides is 3. The molecule has 1 rings (SSSR count). The van der Waals surface area contributed by atoms with Crippen LogP contribution in [0.5, 0.6) is 0 Å². The molecule has 4 heteroatoms. The normalized spacial score (nSPS) is 16.1. The molecule has 1 aromatic rings. The number of hydrogen-bond acceptors (Lipinski definition) is 1. The van der Waals surface area contributed by atoms with Crippen LogP contribution in [0.25, 0.3) is 0 Å². The molecule has 0 fully saturated rings. The van der Waals surface area contributed by atoms with Gasteiger partial charge in [-0.05, 0) is 27.9 Å². The van der Waals surface area contributed by atoms with Gasteiger partial charge in [0.25, 0.3) is 0 Å². The maximum atomic E-state index is 13.1. The van der Waals surface area contributed by atoms with E-state index in [2.05, 4.69) is 15.9 Å². The van der Waals surface area contributed by atoms with Gasteiger partial charge in [-0.25, -0.2) is 0 Å². The highest BCUT2D eigenvalue weighted by molar-refractivity contribution is 9.10. The van der Waals surface area contributed by atoms with E-state index >= 15 is 0 Å². The summed E-state index contributed by atoms with van der Waals surface area (Å²) in [5, 5.41) is 9.81. The lowest BCUT2D eigenvalue weighted by Gasteiger charge is -2.31. The fourth-order valence-electron chi connectivity index (χ4n) is 1.36. The van der Waals surface area contributed by atoms with Crippen molar-refractivity contribution in [3.05, 3.63) is 35.9 Å². The maximum Gasteiger partial charge on any atom is 0.329 e. The second-order valence-corrected chi connectivity index (χ2v) is 4.54. The first-order valence-electron chi connectivity index (χ1n) is 4.72. The van der Waals surface area contributed by atoms with E-state index in [4.69, 9.17) is 0 Å². The smallest absolute Gasteiger partial charge is 0.329 e. The van der Waals surface area contributed by atoms with Crippen molar-refractivity contribution < 1.29 is 13.9 Å². The van der Waals surface area contributed by atoms with Crippen LogP contribution in [0.4, 0.5) is 8.78 Å². The maximum absolute atomic E-state index is 13.1. The Morgan fingerprint density at radius 3 is 2.20 bits per heavy atom. The van der Waals surface area contributed by atoms with Gasteiger partial charge in [0.1, 0.15) is 5.60 Å². The first kappa shape index (κ1) is 12.6. The topological polar surface area (TPSA) is 20.2 Å². The average molecular weight is 279 g/mol. The van der Waals surface area contributed by atoms with Crippen molar-refractivity contribution in [1.29, 1.82) is 0 Å². The number of halogens is 3. The Morgan fingerprint density at radius 2 is 1.80 bits per heavy atom. The van der Waals surface area contributed by atoms with Crippen molar-refractivity contribution in [3.8, 4) is 0 Å². The van der Waals surface area contributed by atoms with Gasteiger partial charge in [0.05, 0.1) is 0 Å². The van der Waals surface area contributed by atoms with Crippen LogP contribution in [0.1, 0.15) is 18.9 Å². The van der Waals surface area contributed by atoms with Crippen LogP contribution in [0.3, 0.4) is 0 Å². The fraction of sp³-hybridized carbons (Fsp3) is 0.455. The summed E-state index contributed by atoms with van der Waals surface area (Å²) < 4.78 is 26.2. The predicted octanol–water partition coefficient (Wildman–Crippen LogP) is 3.36. The van der Waals surface area contributed by atoms with Gasteiger partial charge in [-0.2, -0.15) is 8.78 Å². The molecule has 0 bridgehead atoms. The number of hydrogen-bond donors (Lipinski definition) is 1. The molecule has 0 heterocycles. The monoisotopic (exact) mass is 278 g/mol. The second-order valence-electron chi connectivity index (χ2n) is 3.55. The summed E-state index contributed by atoms with van der Waals surface area (Å²) in [4.78, 5) is -3.27. The van der Waals surface area contributed by atoms with E-state index < -0.39 is 10.4 Å². The van der Waals surface area contributed by atoms with Crippen LogP contribution in [-0.4, -0.2) is 15.5 Å². The van der Waals surface area contributed by atoms with Gasteiger partial charge in [0.15, 0.2) is 0 Å². The van der Waals surface area contributed by atoms with Crippen molar-refractivity contribution in [2.45, 2.75) is 30.2 Å². The van der Waals surface area contributed by atoms with Gasteiger partial charge in [0.2, 0.25) is 0 Å². The molecule has 0 aliphatic carbocycles. The predicted molar refractivity (Wildman–Crippen MR) is 59.3 cm³/mol. The van der Waals surface area contributed by atoms with Crippen LogP contribution in [0, 0.1) is 0 Å². The third-order valence-electron chi connectivity index (χ3n) is 2.45. The highest BCUT2D eigenvalue weighted by Gasteiger charge is 2.48. The summed E-state index contributed by atoms with van der Waals surface area (Å²) in [7, 11) is 0. The molecular formula is C11H13BrF2O. The molecular weight excluding hydrogens is 266 g/mol. The molecule has 84 valence electrons. The summed E-state index contributed by atoms with van der Waals surface area (Å²) in [5.41, 5.74) is -1.34. The van der Waals surface area contributed by atoms with E-state index in [1.807, 2.05) is 0 Å². The van der Waals surface area contributed by atoms with Crippen molar-refractivity contribution >= 4 is 15.9 Å². The lowest BCUT2D eigenvalue weighted by Crippen LogP contribution is -2.45. The molecule has 1 nitrogen and oxygen atoms in total. The van der Waals surface area contributed by atoms with Gasteiger partial charge in [-0.15, -0.1) is 0 Å². The summed E-state index contributed by atoms with van der Waals surface area (Å²) in [6.45, 7) is 1.54. The molecule has 0 aromatic heterocycles. The number of rotatable bonds is 4. The van der Waals surface area contributed by atoms with Gasteiger partial charge < -0.3 is 5.11 Å². The van der Waals surface area contributed by atoms with Gasteiger partial charge >= 0.3 is 4.83 Å². The number of aliphatic hydroxyl groups is 1. The molecule has 15 heavy (non-hydrogen) atoms. The zero-order valence-electron chi connectivity index (χ0n) is 8.38. The molecule has 0 radical (unpaired) electrons. The SMILES string of the molecule is CCC(O)(Cc1ccccc1)C(F)(F)Br. The average Bonchev–Trinajstić information content (AvgIpc) is 2.17. The quantitative estimate of drug-likeness (QED) is 0.838. The Balaban J connectivity index is 2.87. The fourth-order valence-corrected chi connectivity index (χ4v) is 1.78. The molecule has 0 saturated heterocycles. The minimum absolute atomic E-state index is 0.0137. The van der Waals surface area contributed by atoms with Crippen LogP contribution in [0.2, 0.25) is 0 Å². The van der Waals surface area contributed by atoms with E-state index in [0.717, 1.165) is 0 Å². The summed E-state index contributed by atoms with van der Waals surface area (Å²) in [6, 6.07) is 8.77. The highest BCUT2D eigenvalue weighted by Crippen LogP contribution is 2.39. The standard InChI is InChI=1S/C11H13BrF2O/c1-2-10(15,11(12,13)14)8-9-6-4-3-5-7-9/h3-7,15H,2,8H2,1H3. The lowest BCUT2D eigenvalue weighted by molar-refractivity contribution is -0.117.